The van der Waals surface area contributed by atoms with Gasteiger partial charge in [0.05, 0.1) is 12.7 Å². The van der Waals surface area contributed by atoms with Crippen molar-refractivity contribution in [1.29, 1.82) is 0 Å². The minimum atomic E-state index is -0.0288. The molecule has 1 heterocycles. The van der Waals surface area contributed by atoms with E-state index in [0.717, 1.165) is 13.0 Å². The minimum absolute atomic E-state index is 0.0288. The van der Waals surface area contributed by atoms with E-state index in [2.05, 4.69) is 5.32 Å². The molecule has 0 spiro atoms. The molecule has 0 aromatic rings. The second kappa shape index (κ2) is 5.04. The Morgan fingerprint density at radius 3 is 3.15 bits per heavy atom. The van der Waals surface area contributed by atoms with Crippen molar-refractivity contribution in [3.8, 4) is 0 Å². The van der Waals surface area contributed by atoms with Crippen LogP contribution in [0.5, 0.6) is 0 Å². The normalized spacial score (nSPS) is 22.0. The first kappa shape index (κ1) is 10.3. The Balaban J connectivity index is 2.23. The zero-order valence-corrected chi connectivity index (χ0v) is 7.95. The van der Waals surface area contributed by atoms with Gasteiger partial charge in [-0.05, 0) is 6.42 Å². The average Bonchev–Trinajstić information content (AvgIpc) is 2.62. The highest BCUT2D eigenvalue weighted by atomic mass is 16.5. The summed E-state index contributed by atoms with van der Waals surface area (Å²) in [5.74, 6) is 0. The van der Waals surface area contributed by atoms with E-state index in [9.17, 15) is 4.79 Å². The van der Waals surface area contributed by atoms with E-state index < -0.39 is 0 Å². The monoisotopic (exact) mass is 187 g/mol. The largest absolute Gasteiger partial charge is 0.375 e. The van der Waals surface area contributed by atoms with Gasteiger partial charge < -0.3 is 20.7 Å². The molecule has 1 saturated heterocycles. The van der Waals surface area contributed by atoms with Crippen LogP contribution in [0.2, 0.25) is 0 Å². The molecule has 76 valence electrons. The summed E-state index contributed by atoms with van der Waals surface area (Å²) in [6, 6.07) is -0.0288. The van der Waals surface area contributed by atoms with E-state index in [0.29, 0.717) is 19.7 Å². The van der Waals surface area contributed by atoms with Gasteiger partial charge in [-0.3, -0.25) is 0 Å². The topological polar surface area (TPSA) is 67.6 Å². The third-order valence-corrected chi connectivity index (χ3v) is 2.12. The number of nitrogens with two attached hydrogens (primary N) is 1. The summed E-state index contributed by atoms with van der Waals surface area (Å²) in [6.07, 6.45) is 1.08. The van der Waals surface area contributed by atoms with Gasteiger partial charge in [-0.15, -0.1) is 0 Å². The maximum absolute atomic E-state index is 11.2. The zero-order chi connectivity index (χ0) is 9.68. The Bertz CT molecular complexity index is 175. The van der Waals surface area contributed by atoms with Crippen LogP contribution in [-0.2, 0) is 4.74 Å². The van der Waals surface area contributed by atoms with Crippen LogP contribution in [0.25, 0.3) is 0 Å². The van der Waals surface area contributed by atoms with Crippen LogP contribution < -0.4 is 11.1 Å². The molecule has 0 aliphatic carbocycles. The Labute approximate surface area is 78.2 Å². The molecule has 13 heavy (non-hydrogen) atoms. The summed E-state index contributed by atoms with van der Waals surface area (Å²) < 4.78 is 5.43. The summed E-state index contributed by atoms with van der Waals surface area (Å²) >= 11 is 0. The minimum Gasteiger partial charge on any atom is -0.375 e. The number of hydrogen-bond donors (Lipinski definition) is 2. The van der Waals surface area contributed by atoms with Gasteiger partial charge in [0.2, 0.25) is 0 Å². The quantitative estimate of drug-likeness (QED) is 0.618. The number of nitrogens with zero attached hydrogens (tertiary/aromatic N) is 1. The Morgan fingerprint density at radius 1 is 1.77 bits per heavy atom. The molecule has 0 radical (unpaired) electrons. The first-order chi connectivity index (χ1) is 6.27. The summed E-state index contributed by atoms with van der Waals surface area (Å²) in [5, 5.41) is 2.59. The van der Waals surface area contributed by atoms with Crippen LogP contribution in [0.4, 0.5) is 4.79 Å². The van der Waals surface area contributed by atoms with E-state index >= 15 is 0 Å². The fourth-order valence-corrected chi connectivity index (χ4v) is 1.44. The molecule has 0 aromatic carbocycles. The molecule has 1 unspecified atom stereocenters. The number of nitrogens with one attached hydrogen (secondary N) is 1. The molecule has 1 fully saturated rings. The third-order valence-electron chi connectivity index (χ3n) is 2.12. The lowest BCUT2D eigenvalue weighted by atomic mass is 10.3. The third kappa shape index (κ3) is 2.86. The molecule has 0 saturated carbocycles. The molecule has 5 nitrogen and oxygen atoms in total. The number of hydrogen-bond acceptors (Lipinski definition) is 3. The number of rotatable bonds is 3. The van der Waals surface area contributed by atoms with Crippen molar-refractivity contribution in [2.24, 2.45) is 5.73 Å². The maximum atomic E-state index is 11.2. The van der Waals surface area contributed by atoms with Gasteiger partial charge in [-0.2, -0.15) is 0 Å². The smallest absolute Gasteiger partial charge is 0.317 e. The number of carbonyl (C=O) groups is 1. The van der Waals surface area contributed by atoms with Crippen LogP contribution >= 0.6 is 0 Å². The molecule has 1 rings (SSSR count). The summed E-state index contributed by atoms with van der Waals surface area (Å²) in [4.78, 5) is 12.9. The highest BCUT2D eigenvalue weighted by molar-refractivity contribution is 5.74. The first-order valence-electron chi connectivity index (χ1n) is 4.56. The number of likely N-dealkylation sites (tertiary alicyclic amines) is 1. The lowest BCUT2D eigenvalue weighted by Gasteiger charge is -2.15. The summed E-state index contributed by atoms with van der Waals surface area (Å²) in [6.45, 7) is 2.57. The highest BCUT2D eigenvalue weighted by Gasteiger charge is 2.25. The van der Waals surface area contributed by atoms with E-state index in [1.807, 2.05) is 0 Å². The van der Waals surface area contributed by atoms with Crippen LogP contribution in [0.1, 0.15) is 6.42 Å². The number of carbonyl (C=O) groups excluding carboxylic acids is 1. The van der Waals surface area contributed by atoms with Crippen molar-refractivity contribution >= 4 is 6.03 Å². The fraction of sp³-hybridized carbons (Fsp3) is 0.875. The molecule has 1 aliphatic rings. The zero-order valence-electron chi connectivity index (χ0n) is 7.95. The lowest BCUT2D eigenvalue weighted by molar-refractivity contribution is 0.0669. The molecule has 5 heteroatoms. The molecular formula is C8H17N3O2. The van der Waals surface area contributed by atoms with Crippen molar-refractivity contribution in [2.45, 2.75) is 12.5 Å². The molecule has 3 N–H and O–H groups in total. The standard InChI is InChI=1S/C8H17N3O2/c1-10-8(12)11-4-2-7(6-11)13-5-3-9/h7H,2-6,9H2,1H3,(H,10,12). The van der Waals surface area contributed by atoms with Crippen molar-refractivity contribution in [3.05, 3.63) is 0 Å². The Hall–Kier alpha value is -0.810. The molecule has 2 amide bonds. The predicted octanol–water partition coefficient (Wildman–Crippen LogP) is -0.625. The number of urea groups is 1. The van der Waals surface area contributed by atoms with Gasteiger partial charge in [0.25, 0.3) is 0 Å². The Kier molecular flexibility index (Phi) is 3.98. The van der Waals surface area contributed by atoms with Gasteiger partial charge in [0, 0.05) is 26.7 Å². The van der Waals surface area contributed by atoms with Crippen LogP contribution in [0.3, 0.4) is 0 Å². The molecule has 1 atom stereocenters. The van der Waals surface area contributed by atoms with Crippen LogP contribution in [0, 0.1) is 0 Å². The van der Waals surface area contributed by atoms with Crippen molar-refractivity contribution in [1.82, 2.24) is 10.2 Å². The lowest BCUT2D eigenvalue weighted by Crippen LogP contribution is -2.37. The summed E-state index contributed by atoms with van der Waals surface area (Å²) in [5.41, 5.74) is 5.31. The number of amides is 2. The van der Waals surface area contributed by atoms with Gasteiger partial charge in [-0.1, -0.05) is 0 Å². The van der Waals surface area contributed by atoms with E-state index in [-0.39, 0.29) is 12.1 Å². The average molecular weight is 187 g/mol. The second-order valence-electron chi connectivity index (χ2n) is 3.07. The Morgan fingerprint density at radius 2 is 2.54 bits per heavy atom. The van der Waals surface area contributed by atoms with Crippen LogP contribution in [-0.4, -0.2) is 50.3 Å². The van der Waals surface area contributed by atoms with E-state index in [1.165, 1.54) is 0 Å². The predicted molar refractivity (Wildman–Crippen MR) is 49.4 cm³/mol. The van der Waals surface area contributed by atoms with Crippen molar-refractivity contribution in [3.63, 3.8) is 0 Å². The molecule has 0 aromatic heterocycles. The fourth-order valence-electron chi connectivity index (χ4n) is 1.44. The van der Waals surface area contributed by atoms with Gasteiger partial charge in [-0.25, -0.2) is 4.79 Å². The van der Waals surface area contributed by atoms with E-state index in [1.54, 1.807) is 11.9 Å². The second-order valence-corrected chi connectivity index (χ2v) is 3.07. The molecular weight excluding hydrogens is 170 g/mol. The van der Waals surface area contributed by atoms with Crippen molar-refractivity contribution in [2.75, 3.05) is 33.3 Å². The molecule has 1 aliphatic heterocycles. The van der Waals surface area contributed by atoms with E-state index in [4.69, 9.17) is 10.5 Å². The first-order valence-corrected chi connectivity index (χ1v) is 4.56. The van der Waals surface area contributed by atoms with Gasteiger partial charge in [0.1, 0.15) is 0 Å². The van der Waals surface area contributed by atoms with Crippen molar-refractivity contribution < 1.29 is 9.53 Å². The molecule has 0 bridgehead atoms. The maximum Gasteiger partial charge on any atom is 0.317 e. The highest BCUT2D eigenvalue weighted by Crippen LogP contribution is 2.11. The summed E-state index contributed by atoms with van der Waals surface area (Å²) in [7, 11) is 1.64. The number of ether oxygens (including phenoxy) is 1. The SMILES string of the molecule is CNC(=O)N1CCC(OCCN)C1. The van der Waals surface area contributed by atoms with Gasteiger partial charge in [0.15, 0.2) is 0 Å². The van der Waals surface area contributed by atoms with Gasteiger partial charge >= 0.3 is 6.03 Å². The van der Waals surface area contributed by atoms with Crippen LogP contribution in [0.15, 0.2) is 0 Å².